The number of pyridine rings is 1. The quantitative estimate of drug-likeness (QED) is 0.483. The van der Waals surface area contributed by atoms with Gasteiger partial charge in [0.1, 0.15) is 0 Å². The van der Waals surface area contributed by atoms with E-state index in [2.05, 4.69) is 12.6 Å². The zero-order chi connectivity index (χ0) is 8.97. The molecule has 0 fully saturated rings. The third-order valence-corrected chi connectivity index (χ3v) is 1.46. The van der Waals surface area contributed by atoms with Crippen LogP contribution in [0.1, 0.15) is 11.1 Å². The minimum Gasteiger partial charge on any atom is -0.267 e. The van der Waals surface area contributed by atoms with Crippen molar-refractivity contribution in [3.05, 3.63) is 42.2 Å². The third kappa shape index (κ3) is 2.38. The first-order chi connectivity index (χ1) is 5.72. The van der Waals surface area contributed by atoms with Crippen molar-refractivity contribution in [2.75, 3.05) is 6.61 Å². The number of hydrogen-bond acceptors (Lipinski definition) is 1. The van der Waals surface area contributed by atoms with Gasteiger partial charge in [-0.3, -0.25) is 4.84 Å². The van der Waals surface area contributed by atoms with E-state index in [-0.39, 0.29) is 0 Å². The molecule has 0 N–H and O–H groups in total. The van der Waals surface area contributed by atoms with E-state index < -0.39 is 0 Å². The minimum atomic E-state index is 0.535. The Hall–Kier alpha value is -1.31. The summed E-state index contributed by atoms with van der Waals surface area (Å²) < 4.78 is 1.71. The summed E-state index contributed by atoms with van der Waals surface area (Å²) in [4.78, 5) is 5.32. The Morgan fingerprint density at radius 3 is 2.50 bits per heavy atom. The van der Waals surface area contributed by atoms with Gasteiger partial charge < -0.3 is 0 Å². The van der Waals surface area contributed by atoms with E-state index in [0.29, 0.717) is 6.61 Å². The number of rotatable bonds is 3. The van der Waals surface area contributed by atoms with Crippen LogP contribution < -0.4 is 9.57 Å². The lowest BCUT2D eigenvalue weighted by atomic mass is 10.2. The molecule has 64 valence electrons. The van der Waals surface area contributed by atoms with Crippen LogP contribution in [0.4, 0.5) is 0 Å². The summed E-state index contributed by atoms with van der Waals surface area (Å²) in [7, 11) is 0. The zero-order valence-corrected chi connectivity index (χ0v) is 7.58. The van der Waals surface area contributed by atoms with Crippen LogP contribution >= 0.6 is 0 Å². The largest absolute Gasteiger partial charge is 0.267 e. The van der Waals surface area contributed by atoms with Crippen LogP contribution in [0.15, 0.2) is 31.1 Å². The Morgan fingerprint density at radius 1 is 1.42 bits per heavy atom. The van der Waals surface area contributed by atoms with Gasteiger partial charge in [0.05, 0.1) is 0 Å². The van der Waals surface area contributed by atoms with Gasteiger partial charge in [-0.1, -0.05) is 6.58 Å². The minimum absolute atomic E-state index is 0.535. The molecule has 2 heteroatoms. The average Bonchev–Trinajstić information content (AvgIpc) is 1.99. The maximum absolute atomic E-state index is 5.32. The van der Waals surface area contributed by atoms with Gasteiger partial charge in [0, 0.05) is 15.9 Å². The molecule has 0 aliphatic rings. The van der Waals surface area contributed by atoms with Gasteiger partial charge in [-0.25, -0.2) is 0 Å². The van der Waals surface area contributed by atoms with E-state index >= 15 is 0 Å². The van der Waals surface area contributed by atoms with Crippen LogP contribution in [-0.4, -0.2) is 6.61 Å². The van der Waals surface area contributed by atoms with Gasteiger partial charge in [-0.05, 0) is 26.0 Å². The lowest BCUT2D eigenvalue weighted by Crippen LogP contribution is -2.42. The summed E-state index contributed by atoms with van der Waals surface area (Å²) in [6.07, 6.45) is 5.61. The monoisotopic (exact) mass is 164 g/mol. The van der Waals surface area contributed by atoms with Gasteiger partial charge >= 0.3 is 0 Å². The van der Waals surface area contributed by atoms with Crippen molar-refractivity contribution in [1.29, 1.82) is 0 Å². The second-order valence-electron chi connectivity index (χ2n) is 2.83. The molecule has 0 bridgehead atoms. The first-order valence-electron chi connectivity index (χ1n) is 3.96. The molecule has 0 spiro atoms. The van der Waals surface area contributed by atoms with Crippen molar-refractivity contribution in [3.8, 4) is 0 Å². The summed E-state index contributed by atoms with van der Waals surface area (Å²) in [6, 6.07) is 2.10. The summed E-state index contributed by atoms with van der Waals surface area (Å²) in [6.45, 7) is 8.20. The molecular formula is C10H14NO+. The summed E-state index contributed by atoms with van der Waals surface area (Å²) in [5.74, 6) is 0. The van der Waals surface area contributed by atoms with Crippen LogP contribution in [0.5, 0.6) is 0 Å². The second-order valence-corrected chi connectivity index (χ2v) is 2.83. The van der Waals surface area contributed by atoms with Crippen molar-refractivity contribution in [3.63, 3.8) is 0 Å². The van der Waals surface area contributed by atoms with Gasteiger partial charge in [0.15, 0.2) is 6.61 Å². The topological polar surface area (TPSA) is 13.1 Å². The number of aryl methyl sites for hydroxylation is 2. The predicted octanol–water partition coefficient (Wildman–Crippen LogP) is 1.21. The molecule has 1 aromatic heterocycles. The fraction of sp³-hybridized carbons (Fsp3) is 0.300. The van der Waals surface area contributed by atoms with Crippen LogP contribution in [-0.2, 0) is 0 Å². The Balaban J connectivity index is 2.78. The fourth-order valence-corrected chi connectivity index (χ4v) is 1.09. The van der Waals surface area contributed by atoms with Crippen LogP contribution in [0.25, 0.3) is 0 Å². The van der Waals surface area contributed by atoms with E-state index in [4.69, 9.17) is 4.84 Å². The van der Waals surface area contributed by atoms with E-state index in [1.165, 1.54) is 11.1 Å². The highest BCUT2D eigenvalue weighted by atomic mass is 16.7. The smallest absolute Gasteiger partial charge is 0.225 e. The molecule has 0 saturated carbocycles. The Kier molecular flexibility index (Phi) is 2.86. The van der Waals surface area contributed by atoms with Crippen molar-refractivity contribution in [2.24, 2.45) is 0 Å². The average molecular weight is 164 g/mol. The molecule has 12 heavy (non-hydrogen) atoms. The maximum atomic E-state index is 5.32. The normalized spacial score (nSPS) is 9.50. The lowest BCUT2D eigenvalue weighted by molar-refractivity contribution is -0.890. The first-order valence-corrected chi connectivity index (χ1v) is 3.96. The fourth-order valence-electron chi connectivity index (χ4n) is 1.09. The van der Waals surface area contributed by atoms with Crippen LogP contribution in [0.2, 0.25) is 0 Å². The molecule has 0 unspecified atom stereocenters. The summed E-state index contributed by atoms with van der Waals surface area (Å²) in [5.41, 5.74) is 2.39. The molecule has 0 aliphatic heterocycles. The molecule has 1 heterocycles. The molecule has 0 saturated heterocycles. The molecule has 0 atom stereocenters. The molecule has 2 nitrogen and oxygen atoms in total. The highest BCUT2D eigenvalue weighted by Crippen LogP contribution is 1.95. The highest BCUT2D eigenvalue weighted by molar-refractivity contribution is 5.11. The van der Waals surface area contributed by atoms with E-state index in [1.807, 2.05) is 26.2 Å². The highest BCUT2D eigenvalue weighted by Gasteiger charge is 2.02. The Morgan fingerprint density at radius 2 is 2.00 bits per heavy atom. The molecule has 0 aromatic carbocycles. The van der Waals surface area contributed by atoms with Gasteiger partial charge in [0.25, 0.3) is 0 Å². The van der Waals surface area contributed by atoms with Crippen LogP contribution in [0.3, 0.4) is 0 Å². The molecule has 0 amide bonds. The Bertz CT molecular complexity index is 261. The molecule has 0 radical (unpaired) electrons. The SMILES string of the molecule is C=CCO[n+]1cc(C)cc(C)c1. The molecular weight excluding hydrogens is 150 g/mol. The second kappa shape index (κ2) is 3.90. The zero-order valence-electron chi connectivity index (χ0n) is 7.58. The molecule has 1 rings (SSSR count). The summed E-state index contributed by atoms with van der Waals surface area (Å²) in [5, 5.41) is 0. The molecule has 1 aromatic rings. The van der Waals surface area contributed by atoms with Crippen LogP contribution in [0, 0.1) is 13.8 Å². The lowest BCUT2D eigenvalue weighted by Gasteiger charge is -1.96. The predicted molar refractivity (Wildman–Crippen MR) is 47.8 cm³/mol. The van der Waals surface area contributed by atoms with Gasteiger partial charge in [0.2, 0.25) is 12.4 Å². The number of nitrogens with zero attached hydrogens (tertiary/aromatic N) is 1. The van der Waals surface area contributed by atoms with E-state index in [0.717, 1.165) is 0 Å². The molecule has 0 aliphatic carbocycles. The maximum Gasteiger partial charge on any atom is 0.225 e. The van der Waals surface area contributed by atoms with Crippen molar-refractivity contribution in [2.45, 2.75) is 13.8 Å². The third-order valence-electron chi connectivity index (χ3n) is 1.46. The first kappa shape index (κ1) is 8.78. The van der Waals surface area contributed by atoms with Gasteiger partial charge in [-0.15, -0.1) is 0 Å². The van der Waals surface area contributed by atoms with Crippen molar-refractivity contribution >= 4 is 0 Å². The summed E-state index contributed by atoms with van der Waals surface area (Å²) >= 11 is 0. The van der Waals surface area contributed by atoms with Crippen molar-refractivity contribution < 1.29 is 9.57 Å². The number of aromatic nitrogens is 1. The van der Waals surface area contributed by atoms with E-state index in [9.17, 15) is 0 Å². The standard InChI is InChI=1S/C10H14NO/c1-4-5-12-11-7-9(2)6-10(3)8-11/h4,6-8H,1,5H2,2-3H3/q+1. The number of hydrogen-bond donors (Lipinski definition) is 0. The van der Waals surface area contributed by atoms with Gasteiger partial charge in [-0.2, -0.15) is 0 Å². The van der Waals surface area contributed by atoms with Crippen molar-refractivity contribution in [1.82, 2.24) is 0 Å². The Labute approximate surface area is 73.1 Å². The van der Waals surface area contributed by atoms with E-state index in [1.54, 1.807) is 10.8 Å².